The number of terminal acetylenes is 1. The van der Waals surface area contributed by atoms with Gasteiger partial charge in [0, 0.05) is 12.8 Å². The number of hydrogen-bond acceptors (Lipinski definition) is 3. The fourth-order valence-electron chi connectivity index (χ4n) is 0.273. The molecule has 0 radical (unpaired) electrons. The quantitative estimate of drug-likeness (QED) is 0.335. The molecule has 0 aliphatic heterocycles. The molecule has 0 aromatic carbocycles. The van der Waals surface area contributed by atoms with Crippen molar-refractivity contribution in [2.75, 3.05) is 0 Å². The van der Waals surface area contributed by atoms with Crippen molar-refractivity contribution in [2.45, 2.75) is 12.8 Å². The molecule has 0 saturated carbocycles. The van der Waals surface area contributed by atoms with Gasteiger partial charge in [0.2, 0.25) is 0 Å². The Morgan fingerprint density at radius 2 is 2.00 bits per heavy atom. The molecule has 0 heterocycles. The van der Waals surface area contributed by atoms with Crippen molar-refractivity contribution >= 4 is 29.2 Å². The maximum atomic E-state index is 10.1. The van der Waals surface area contributed by atoms with Crippen LogP contribution < -0.4 is 5.14 Å². The first-order valence-electron chi connectivity index (χ1n) is 2.69. The second-order valence-corrected chi connectivity index (χ2v) is 2.71. The molecule has 0 atom stereocenters. The second kappa shape index (κ2) is 7.10. The summed E-state index contributed by atoms with van der Waals surface area (Å²) < 4.78 is 24.0. The van der Waals surface area contributed by atoms with Crippen LogP contribution in [0.25, 0.3) is 0 Å². The van der Waals surface area contributed by atoms with E-state index in [0.29, 0.717) is 12.8 Å². The number of unbranched alkanes of at least 4 members (excludes halogenated alkanes) is 1. The molecule has 2 N–H and O–H groups in total. The van der Waals surface area contributed by atoms with Crippen LogP contribution in [0.4, 0.5) is 0 Å². The van der Waals surface area contributed by atoms with Gasteiger partial charge in [0.15, 0.2) is 0 Å². The van der Waals surface area contributed by atoms with E-state index in [1.807, 2.05) is 6.11 Å². The van der Waals surface area contributed by atoms with Crippen LogP contribution >= 0.6 is 0 Å². The summed E-state index contributed by atoms with van der Waals surface area (Å²) in [5.74, 6) is 4.70. The average molecular weight is 181 g/mol. The van der Waals surface area contributed by atoms with Gasteiger partial charge in [-0.15, -0.1) is 12.3 Å². The fraction of sp³-hybridized carbons (Fsp3) is 0.333. The molecule has 0 rings (SSSR count). The molecule has 0 saturated heterocycles. The fourth-order valence-corrected chi connectivity index (χ4v) is 0.448. The summed E-state index contributed by atoms with van der Waals surface area (Å²) in [7, 11) is -3.94. The van der Waals surface area contributed by atoms with Crippen molar-refractivity contribution in [3.8, 4) is 24.4 Å². The topological polar surface area (TPSA) is 69.4 Å². The van der Waals surface area contributed by atoms with E-state index in [4.69, 9.17) is 6.42 Å². The van der Waals surface area contributed by atoms with Gasteiger partial charge in [0.05, 0.1) is 0 Å². The maximum absolute atomic E-state index is 10.1. The van der Waals surface area contributed by atoms with Gasteiger partial charge in [-0.3, -0.25) is 0 Å². The summed E-state index contributed by atoms with van der Waals surface area (Å²) in [5, 5.41) is 4.46. The molecule has 0 aliphatic rings. The van der Waals surface area contributed by atoms with E-state index < -0.39 is 10.3 Å². The van der Waals surface area contributed by atoms with Crippen LogP contribution in [0.3, 0.4) is 0 Å². The first-order valence-corrected chi connectivity index (χ1v) is 4.16. The van der Waals surface area contributed by atoms with Gasteiger partial charge in [-0.2, -0.15) is 13.6 Å². The first kappa shape index (κ1) is 14.0. The van der Waals surface area contributed by atoms with E-state index in [-0.39, 0.29) is 18.9 Å². The SMILES string of the molecule is C#CCCC#COS(N)(=O)=O.[LiH]. The van der Waals surface area contributed by atoms with Crippen LogP contribution in [0.2, 0.25) is 0 Å². The van der Waals surface area contributed by atoms with Crippen LogP contribution in [0.15, 0.2) is 0 Å². The molecule has 0 aromatic rings. The Morgan fingerprint density at radius 3 is 2.42 bits per heavy atom. The van der Waals surface area contributed by atoms with Gasteiger partial charge < -0.3 is 4.18 Å². The summed E-state index contributed by atoms with van der Waals surface area (Å²) in [4.78, 5) is 0. The molecule has 0 bridgehead atoms. The van der Waals surface area contributed by atoms with Gasteiger partial charge >= 0.3 is 29.2 Å². The first-order chi connectivity index (χ1) is 5.06. The van der Waals surface area contributed by atoms with E-state index in [1.165, 1.54) is 0 Å². The van der Waals surface area contributed by atoms with E-state index in [9.17, 15) is 8.42 Å². The molecule has 12 heavy (non-hydrogen) atoms. The van der Waals surface area contributed by atoms with Gasteiger partial charge in [-0.1, -0.05) is 5.92 Å². The zero-order valence-corrected chi connectivity index (χ0v) is 6.52. The third-order valence-electron chi connectivity index (χ3n) is 0.624. The molecule has 4 nitrogen and oxygen atoms in total. The molecular weight excluding hydrogens is 173 g/mol. The van der Waals surface area contributed by atoms with Gasteiger partial charge in [0.25, 0.3) is 0 Å². The third kappa shape index (κ3) is 12.1. The summed E-state index contributed by atoms with van der Waals surface area (Å²) in [6, 6.07) is 0. The van der Waals surface area contributed by atoms with Crippen molar-refractivity contribution in [2.24, 2.45) is 5.14 Å². The average Bonchev–Trinajstić information content (AvgIpc) is 1.85. The normalized spacial score (nSPS) is 8.33. The van der Waals surface area contributed by atoms with Crippen LogP contribution in [0, 0.1) is 24.4 Å². The standard InChI is InChI=1S/C6H7NO3S.Li.H/c1-2-3-4-5-6-10-11(7,8)9;;/h1H,3-4H2,(H2,7,8,9);;. The van der Waals surface area contributed by atoms with Crippen LogP contribution in [0.5, 0.6) is 0 Å². The second-order valence-electron chi connectivity index (χ2n) is 1.56. The predicted octanol–water partition coefficient (Wildman–Crippen LogP) is -1.07. The van der Waals surface area contributed by atoms with E-state index >= 15 is 0 Å². The molecule has 0 fully saturated rings. The number of nitrogens with two attached hydrogens (primary N) is 1. The van der Waals surface area contributed by atoms with Crippen molar-refractivity contribution < 1.29 is 12.6 Å². The third-order valence-corrected chi connectivity index (χ3v) is 0.940. The summed E-state index contributed by atoms with van der Waals surface area (Å²) in [6.07, 6.45) is 7.65. The molecule has 0 unspecified atom stereocenters. The van der Waals surface area contributed by atoms with Gasteiger partial charge in [-0.05, 0) is 0 Å². The Hall–Kier alpha value is -0.573. The van der Waals surface area contributed by atoms with E-state index in [0.717, 1.165) is 0 Å². The Kier molecular flexibility index (Phi) is 8.27. The molecule has 0 amide bonds. The Labute approximate surface area is 84.3 Å². The monoisotopic (exact) mass is 181 g/mol. The summed E-state index contributed by atoms with van der Waals surface area (Å²) >= 11 is 0. The molecule has 6 heteroatoms. The van der Waals surface area contributed by atoms with E-state index in [1.54, 1.807) is 0 Å². The van der Waals surface area contributed by atoms with Crippen molar-refractivity contribution in [3.05, 3.63) is 0 Å². The van der Waals surface area contributed by atoms with Crippen LogP contribution in [0.1, 0.15) is 12.8 Å². The zero-order chi connectivity index (χ0) is 8.74. The summed E-state index contributed by atoms with van der Waals surface area (Å²) in [5.41, 5.74) is 0. The minimum atomic E-state index is -3.94. The van der Waals surface area contributed by atoms with Crippen molar-refractivity contribution in [1.29, 1.82) is 0 Å². The van der Waals surface area contributed by atoms with Crippen LogP contribution in [-0.4, -0.2) is 27.3 Å². The minimum absolute atomic E-state index is 0. The van der Waals surface area contributed by atoms with E-state index in [2.05, 4.69) is 21.2 Å². The van der Waals surface area contributed by atoms with Crippen molar-refractivity contribution in [3.63, 3.8) is 0 Å². The Balaban J connectivity index is 0. The molecule has 62 valence electrons. The van der Waals surface area contributed by atoms with Gasteiger partial charge in [0.1, 0.15) is 6.11 Å². The molecule has 0 aromatic heterocycles. The molecule has 0 aliphatic carbocycles. The number of hydrogen-bond donors (Lipinski definition) is 1. The zero-order valence-electron chi connectivity index (χ0n) is 5.70. The number of rotatable bonds is 2. The van der Waals surface area contributed by atoms with Crippen molar-refractivity contribution in [1.82, 2.24) is 0 Å². The Bertz CT molecular complexity index is 306. The van der Waals surface area contributed by atoms with Crippen LogP contribution in [-0.2, 0) is 14.5 Å². The molecule has 0 spiro atoms. The predicted molar refractivity (Wildman–Crippen MR) is 47.2 cm³/mol. The summed E-state index contributed by atoms with van der Waals surface area (Å²) in [6.45, 7) is 0. The van der Waals surface area contributed by atoms with Gasteiger partial charge in [-0.25, -0.2) is 0 Å². The Morgan fingerprint density at radius 1 is 1.42 bits per heavy atom. The molecular formula is C6H8LiNO3S.